The molecule has 1 N–H and O–H groups in total. The lowest BCUT2D eigenvalue weighted by Crippen LogP contribution is -2.40. The molecule has 2 atom stereocenters. The molecular formula is C27H40N2O3. The van der Waals surface area contributed by atoms with Crippen LogP contribution in [0, 0.1) is 30.6 Å². The van der Waals surface area contributed by atoms with Gasteiger partial charge in [0.1, 0.15) is 0 Å². The van der Waals surface area contributed by atoms with Crippen molar-refractivity contribution in [1.29, 1.82) is 0 Å². The summed E-state index contributed by atoms with van der Waals surface area (Å²) >= 11 is 0. The van der Waals surface area contributed by atoms with E-state index in [1.165, 1.54) is 4.90 Å². The van der Waals surface area contributed by atoms with E-state index in [2.05, 4.69) is 17.2 Å². The molecule has 0 bridgehead atoms. The van der Waals surface area contributed by atoms with Crippen molar-refractivity contribution < 1.29 is 14.4 Å². The summed E-state index contributed by atoms with van der Waals surface area (Å²) in [5.41, 5.74) is 1.03. The maximum Gasteiger partial charge on any atom is 0.253 e. The third-order valence-corrected chi connectivity index (χ3v) is 6.03. The predicted octanol–water partition coefficient (Wildman–Crippen LogP) is 4.76. The number of nitrogens with one attached hydrogen (secondary N) is 1. The molecule has 0 aromatic heterocycles. The van der Waals surface area contributed by atoms with Crippen LogP contribution in [0.2, 0.25) is 0 Å². The number of unbranched alkanes of at least 4 members (excludes halogenated alkanes) is 6. The van der Waals surface area contributed by atoms with Crippen molar-refractivity contribution >= 4 is 17.7 Å². The van der Waals surface area contributed by atoms with Crippen LogP contribution >= 0.6 is 0 Å². The highest BCUT2D eigenvalue weighted by molar-refractivity contribution is 6.04. The lowest BCUT2D eigenvalue weighted by atomic mass is 9.99. The van der Waals surface area contributed by atoms with Gasteiger partial charge in [0.2, 0.25) is 11.8 Å². The van der Waals surface area contributed by atoms with Crippen LogP contribution in [0.5, 0.6) is 0 Å². The van der Waals surface area contributed by atoms with E-state index in [4.69, 9.17) is 12.8 Å². The minimum atomic E-state index is -0.188. The minimum Gasteiger partial charge on any atom is -0.356 e. The molecule has 1 rings (SSSR count). The van der Waals surface area contributed by atoms with Crippen LogP contribution in [0.15, 0.2) is 11.6 Å². The molecule has 0 fully saturated rings. The molecule has 0 radical (unpaired) electrons. The van der Waals surface area contributed by atoms with Gasteiger partial charge in [-0.05, 0) is 56.9 Å². The number of carbonyl (C=O) groups is 3. The molecule has 5 nitrogen and oxygen atoms in total. The fourth-order valence-electron chi connectivity index (χ4n) is 4.05. The fourth-order valence-corrected chi connectivity index (χ4v) is 4.05. The zero-order valence-corrected chi connectivity index (χ0v) is 20.0. The lowest BCUT2D eigenvalue weighted by molar-refractivity contribution is -0.142. The Morgan fingerprint density at radius 2 is 1.75 bits per heavy atom. The zero-order valence-electron chi connectivity index (χ0n) is 20.0. The first kappa shape index (κ1) is 27.5. The van der Waals surface area contributed by atoms with Gasteiger partial charge in [-0.15, -0.1) is 24.7 Å². The van der Waals surface area contributed by atoms with Crippen LogP contribution in [0.4, 0.5) is 0 Å². The Balaban J connectivity index is 2.39. The van der Waals surface area contributed by atoms with E-state index in [0.29, 0.717) is 13.0 Å². The van der Waals surface area contributed by atoms with Crippen molar-refractivity contribution in [1.82, 2.24) is 10.2 Å². The molecule has 5 heteroatoms. The fraction of sp³-hybridized carbons (Fsp3) is 0.667. The van der Waals surface area contributed by atoms with Crippen LogP contribution in [0.25, 0.3) is 0 Å². The molecule has 0 spiro atoms. The van der Waals surface area contributed by atoms with Crippen molar-refractivity contribution in [3.05, 3.63) is 11.6 Å². The van der Waals surface area contributed by atoms with Crippen LogP contribution < -0.4 is 5.32 Å². The average Bonchev–Trinajstić information content (AvgIpc) is 3.11. The second-order valence-corrected chi connectivity index (χ2v) is 8.59. The number of carbonyl (C=O) groups excluding carboxylic acids is 3. The SMILES string of the molecule is C#CCCCCCC(=O)N1C(=O)C=C(CC)[C@@H]1CCCCNC(=O)[C@@H](C)CCCCC#C. The molecule has 0 unspecified atom stereocenters. The summed E-state index contributed by atoms with van der Waals surface area (Å²) in [5, 5.41) is 3.01. The lowest BCUT2D eigenvalue weighted by Gasteiger charge is -2.26. The van der Waals surface area contributed by atoms with Gasteiger partial charge in [-0.2, -0.15) is 0 Å². The molecule has 176 valence electrons. The first-order valence-corrected chi connectivity index (χ1v) is 12.2. The third kappa shape index (κ3) is 9.73. The van der Waals surface area contributed by atoms with Gasteiger partial charge in [-0.1, -0.05) is 26.7 Å². The summed E-state index contributed by atoms with van der Waals surface area (Å²) < 4.78 is 0. The Morgan fingerprint density at radius 1 is 1.06 bits per heavy atom. The summed E-state index contributed by atoms with van der Waals surface area (Å²) in [5.74, 6) is 5.02. The zero-order chi connectivity index (χ0) is 23.8. The van der Waals surface area contributed by atoms with Gasteiger partial charge in [0.25, 0.3) is 5.91 Å². The van der Waals surface area contributed by atoms with E-state index >= 15 is 0 Å². The molecule has 3 amide bonds. The van der Waals surface area contributed by atoms with E-state index in [0.717, 1.165) is 82.6 Å². The summed E-state index contributed by atoms with van der Waals surface area (Å²) in [7, 11) is 0. The number of amides is 3. The highest BCUT2D eigenvalue weighted by Gasteiger charge is 2.35. The summed E-state index contributed by atoms with van der Waals surface area (Å²) in [4.78, 5) is 38.8. The molecule has 1 aliphatic rings. The van der Waals surface area contributed by atoms with E-state index in [9.17, 15) is 14.4 Å². The largest absolute Gasteiger partial charge is 0.356 e. The molecular weight excluding hydrogens is 400 g/mol. The minimum absolute atomic E-state index is 0.0106. The van der Waals surface area contributed by atoms with Gasteiger partial charge < -0.3 is 5.32 Å². The monoisotopic (exact) mass is 440 g/mol. The van der Waals surface area contributed by atoms with Gasteiger partial charge in [0.15, 0.2) is 0 Å². The predicted molar refractivity (Wildman–Crippen MR) is 129 cm³/mol. The van der Waals surface area contributed by atoms with Crippen molar-refractivity contribution in [2.45, 2.75) is 103 Å². The van der Waals surface area contributed by atoms with Gasteiger partial charge >= 0.3 is 0 Å². The van der Waals surface area contributed by atoms with E-state index in [1.54, 1.807) is 6.08 Å². The number of hydrogen-bond acceptors (Lipinski definition) is 3. The van der Waals surface area contributed by atoms with Crippen LogP contribution in [-0.2, 0) is 14.4 Å². The number of hydrogen-bond donors (Lipinski definition) is 1. The Hall–Kier alpha value is -2.53. The number of nitrogens with zero attached hydrogens (tertiary/aromatic N) is 1. The summed E-state index contributed by atoms with van der Waals surface area (Å²) in [6.45, 7) is 4.58. The van der Waals surface area contributed by atoms with Gasteiger partial charge in [0.05, 0.1) is 6.04 Å². The normalized spacial score (nSPS) is 16.2. The Kier molecular flexibility index (Phi) is 13.9. The van der Waals surface area contributed by atoms with E-state index in [-0.39, 0.29) is 29.7 Å². The average molecular weight is 441 g/mol. The summed E-state index contributed by atoms with van der Waals surface area (Å²) in [6.07, 6.45) is 22.5. The van der Waals surface area contributed by atoms with Crippen LogP contribution in [0.3, 0.4) is 0 Å². The number of imide groups is 1. The molecule has 0 saturated carbocycles. The van der Waals surface area contributed by atoms with E-state index in [1.807, 2.05) is 13.8 Å². The van der Waals surface area contributed by atoms with Crippen LogP contribution in [-0.4, -0.2) is 35.2 Å². The second kappa shape index (κ2) is 16.2. The molecule has 1 heterocycles. The molecule has 0 saturated heterocycles. The molecule has 0 aromatic carbocycles. The van der Waals surface area contributed by atoms with Gasteiger partial charge in [0, 0.05) is 37.8 Å². The maximum absolute atomic E-state index is 12.7. The molecule has 0 aliphatic carbocycles. The standard InChI is InChI=1S/C27H40N2O3/c1-5-8-10-12-14-19-25(30)29-24(23(7-3)21-26(29)31)18-15-16-20-28-27(32)22(4)17-13-11-9-6-2/h1-2,21-22,24H,7-20H2,3-4H3,(H,28,32)/t22-,24-/m0/s1. The number of terminal acetylenes is 2. The quantitative estimate of drug-likeness (QED) is 0.278. The maximum atomic E-state index is 12.7. The first-order chi connectivity index (χ1) is 15.5. The first-order valence-electron chi connectivity index (χ1n) is 12.2. The third-order valence-electron chi connectivity index (χ3n) is 6.03. The molecule has 1 aliphatic heterocycles. The Morgan fingerprint density at radius 3 is 2.41 bits per heavy atom. The van der Waals surface area contributed by atoms with Gasteiger partial charge in [-0.25, -0.2) is 0 Å². The Bertz CT molecular complexity index is 726. The molecule has 0 aromatic rings. The molecule has 32 heavy (non-hydrogen) atoms. The second-order valence-electron chi connectivity index (χ2n) is 8.59. The van der Waals surface area contributed by atoms with E-state index < -0.39 is 0 Å². The Labute approximate surface area is 194 Å². The number of rotatable bonds is 16. The summed E-state index contributed by atoms with van der Waals surface area (Å²) in [6, 6.07) is -0.142. The van der Waals surface area contributed by atoms with Crippen molar-refractivity contribution in [2.24, 2.45) is 5.92 Å². The van der Waals surface area contributed by atoms with Crippen LogP contribution in [0.1, 0.15) is 97.3 Å². The van der Waals surface area contributed by atoms with Crippen molar-refractivity contribution in [3.63, 3.8) is 0 Å². The highest BCUT2D eigenvalue weighted by atomic mass is 16.2. The smallest absolute Gasteiger partial charge is 0.253 e. The highest BCUT2D eigenvalue weighted by Crippen LogP contribution is 2.27. The topological polar surface area (TPSA) is 66.5 Å². The van der Waals surface area contributed by atoms with Crippen molar-refractivity contribution in [2.75, 3.05) is 6.54 Å². The van der Waals surface area contributed by atoms with Gasteiger partial charge in [-0.3, -0.25) is 19.3 Å². The van der Waals surface area contributed by atoms with Crippen molar-refractivity contribution in [3.8, 4) is 24.7 Å².